The number of carbonyl (C=O) groups excluding carboxylic acids is 1. The minimum absolute atomic E-state index is 0.227. The van der Waals surface area contributed by atoms with Crippen LogP contribution in [0.2, 0.25) is 0 Å². The predicted molar refractivity (Wildman–Crippen MR) is 94.9 cm³/mol. The van der Waals surface area contributed by atoms with Crippen LogP contribution in [0.4, 0.5) is 4.79 Å². The number of rotatable bonds is 3. The zero-order chi connectivity index (χ0) is 18.0. The Morgan fingerprint density at radius 3 is 2.00 bits per heavy atom. The van der Waals surface area contributed by atoms with Crippen LogP contribution in [0.5, 0.6) is 0 Å². The number of amides is 1. The van der Waals surface area contributed by atoms with Crippen molar-refractivity contribution in [1.82, 2.24) is 10.2 Å². The van der Waals surface area contributed by atoms with E-state index >= 15 is 0 Å². The molecule has 1 amide bonds. The summed E-state index contributed by atoms with van der Waals surface area (Å²) >= 11 is 0. The monoisotopic (exact) mass is 360 g/mol. The Kier molecular flexibility index (Phi) is 6.18. The summed E-state index contributed by atoms with van der Waals surface area (Å²) in [4.78, 5) is 13.9. The summed E-state index contributed by atoms with van der Waals surface area (Å²) in [7, 11) is -0.981. The van der Waals surface area contributed by atoms with Gasteiger partial charge < -0.3 is 15.0 Å². The van der Waals surface area contributed by atoms with Crippen LogP contribution < -0.4 is 5.32 Å². The summed E-state index contributed by atoms with van der Waals surface area (Å²) in [6.07, 6.45) is 5.13. The van der Waals surface area contributed by atoms with Gasteiger partial charge in [0.25, 0.3) is 0 Å². The number of carbonyl (C=O) groups is 1. The van der Waals surface area contributed by atoms with Crippen molar-refractivity contribution < 1.29 is 17.9 Å². The molecular weight excluding hydrogens is 328 g/mol. The third kappa shape index (κ3) is 5.92. The van der Waals surface area contributed by atoms with E-state index in [0.29, 0.717) is 23.6 Å². The number of sulfone groups is 1. The second-order valence-corrected chi connectivity index (χ2v) is 10.5. The lowest BCUT2D eigenvalue weighted by Gasteiger charge is -2.37. The molecule has 0 aromatic carbocycles. The molecule has 1 saturated carbocycles. The van der Waals surface area contributed by atoms with E-state index in [1.807, 2.05) is 27.8 Å². The van der Waals surface area contributed by atoms with Crippen LogP contribution in [0.15, 0.2) is 0 Å². The van der Waals surface area contributed by atoms with E-state index in [4.69, 9.17) is 4.74 Å². The highest BCUT2D eigenvalue weighted by molar-refractivity contribution is 7.91. The van der Waals surface area contributed by atoms with Crippen molar-refractivity contribution >= 4 is 15.9 Å². The lowest BCUT2D eigenvalue weighted by molar-refractivity contribution is 0.0178. The minimum Gasteiger partial charge on any atom is -0.444 e. The molecule has 0 bridgehead atoms. The van der Waals surface area contributed by atoms with Crippen molar-refractivity contribution in [2.45, 2.75) is 83.0 Å². The van der Waals surface area contributed by atoms with E-state index in [9.17, 15) is 13.2 Å². The molecular formula is C17H32N2O4S. The number of ether oxygens (including phenoxy) is 1. The summed E-state index contributed by atoms with van der Waals surface area (Å²) in [6.45, 7) is 5.64. The molecule has 0 spiro atoms. The maximum atomic E-state index is 12.1. The normalized spacial score (nSPS) is 28.3. The second-order valence-electron chi connectivity index (χ2n) is 8.19. The van der Waals surface area contributed by atoms with Crippen LogP contribution in [-0.2, 0) is 14.6 Å². The smallest absolute Gasteiger partial charge is 0.410 e. The zero-order valence-corrected chi connectivity index (χ0v) is 16.2. The van der Waals surface area contributed by atoms with Crippen LogP contribution in [0.1, 0.15) is 59.3 Å². The summed E-state index contributed by atoms with van der Waals surface area (Å²) < 4.78 is 28.4. The quantitative estimate of drug-likeness (QED) is 0.836. The second kappa shape index (κ2) is 7.60. The number of hydrogen-bond acceptors (Lipinski definition) is 5. The van der Waals surface area contributed by atoms with Gasteiger partial charge in [0.1, 0.15) is 15.4 Å². The lowest BCUT2D eigenvalue weighted by Crippen LogP contribution is -2.48. The highest BCUT2D eigenvalue weighted by atomic mass is 32.2. The summed E-state index contributed by atoms with van der Waals surface area (Å²) in [5, 5.41) is 3.62. The SMILES string of the molecule is CN(C(=O)OC(C)(C)C)C1CCC(NC2CCS(=O)(=O)CC2)CC1. The molecule has 0 aromatic heterocycles. The van der Waals surface area contributed by atoms with Crippen LogP contribution >= 0.6 is 0 Å². The molecule has 1 heterocycles. The Morgan fingerprint density at radius 2 is 1.50 bits per heavy atom. The van der Waals surface area contributed by atoms with Crippen LogP contribution in [0.3, 0.4) is 0 Å². The average Bonchev–Trinajstić information content (AvgIpc) is 2.48. The maximum absolute atomic E-state index is 12.1. The van der Waals surface area contributed by atoms with E-state index < -0.39 is 15.4 Å². The van der Waals surface area contributed by atoms with Crippen molar-refractivity contribution in [1.29, 1.82) is 0 Å². The van der Waals surface area contributed by atoms with Gasteiger partial charge in [-0.2, -0.15) is 0 Å². The number of nitrogens with one attached hydrogen (secondary N) is 1. The zero-order valence-electron chi connectivity index (χ0n) is 15.4. The number of nitrogens with zero attached hydrogens (tertiary/aromatic N) is 1. The van der Waals surface area contributed by atoms with Gasteiger partial charge in [0.05, 0.1) is 11.5 Å². The molecule has 1 aliphatic carbocycles. The largest absolute Gasteiger partial charge is 0.444 e. The molecule has 2 rings (SSSR count). The minimum atomic E-state index is -2.80. The molecule has 1 saturated heterocycles. The lowest BCUT2D eigenvalue weighted by atomic mass is 9.89. The van der Waals surface area contributed by atoms with Gasteiger partial charge in [-0.25, -0.2) is 13.2 Å². The molecule has 0 radical (unpaired) electrons. The fraction of sp³-hybridized carbons (Fsp3) is 0.941. The first kappa shape index (κ1) is 19.5. The highest BCUT2D eigenvalue weighted by Crippen LogP contribution is 2.25. The molecule has 140 valence electrons. The first-order valence-corrected chi connectivity index (χ1v) is 10.8. The van der Waals surface area contributed by atoms with Crippen LogP contribution in [0.25, 0.3) is 0 Å². The third-order valence-corrected chi connectivity index (χ3v) is 6.67. The van der Waals surface area contributed by atoms with Crippen LogP contribution in [0, 0.1) is 0 Å². The van der Waals surface area contributed by atoms with Gasteiger partial charge in [-0.3, -0.25) is 0 Å². The van der Waals surface area contributed by atoms with Gasteiger partial charge in [0.15, 0.2) is 0 Å². The fourth-order valence-electron chi connectivity index (χ4n) is 3.50. The summed E-state index contributed by atoms with van der Waals surface area (Å²) in [6, 6.07) is 0.974. The average molecular weight is 361 g/mol. The van der Waals surface area contributed by atoms with E-state index in [0.717, 1.165) is 38.5 Å². The van der Waals surface area contributed by atoms with E-state index in [1.54, 1.807) is 4.90 Å². The molecule has 24 heavy (non-hydrogen) atoms. The first-order chi connectivity index (χ1) is 11.1. The van der Waals surface area contributed by atoms with Gasteiger partial charge in [0, 0.05) is 25.2 Å². The molecule has 7 heteroatoms. The van der Waals surface area contributed by atoms with Crippen molar-refractivity contribution in [3.8, 4) is 0 Å². The molecule has 6 nitrogen and oxygen atoms in total. The van der Waals surface area contributed by atoms with Crippen molar-refractivity contribution in [3.05, 3.63) is 0 Å². The van der Waals surface area contributed by atoms with Gasteiger partial charge in [0.2, 0.25) is 0 Å². The Morgan fingerprint density at radius 1 is 1.00 bits per heavy atom. The molecule has 0 aromatic rings. The van der Waals surface area contributed by atoms with Crippen LogP contribution in [-0.4, -0.2) is 61.7 Å². The van der Waals surface area contributed by atoms with Crippen molar-refractivity contribution in [2.75, 3.05) is 18.6 Å². The molecule has 0 atom stereocenters. The van der Waals surface area contributed by atoms with Crippen molar-refractivity contribution in [2.24, 2.45) is 0 Å². The van der Waals surface area contributed by atoms with E-state index in [2.05, 4.69) is 5.32 Å². The van der Waals surface area contributed by atoms with Gasteiger partial charge in [-0.05, 0) is 59.3 Å². The van der Waals surface area contributed by atoms with E-state index in [1.165, 1.54) is 0 Å². The van der Waals surface area contributed by atoms with Gasteiger partial charge >= 0.3 is 6.09 Å². The fourth-order valence-corrected chi connectivity index (χ4v) is 4.99. The Labute approximate surface area is 146 Å². The standard InChI is InChI=1S/C17H32N2O4S/c1-17(2,3)23-16(20)19(4)15-7-5-13(6-8-15)18-14-9-11-24(21,22)12-10-14/h13-15,18H,5-12H2,1-4H3. The summed E-state index contributed by atoms with van der Waals surface area (Å²) in [5.74, 6) is 0.614. The topological polar surface area (TPSA) is 75.7 Å². The van der Waals surface area contributed by atoms with Gasteiger partial charge in [-0.1, -0.05) is 0 Å². The molecule has 2 fully saturated rings. The van der Waals surface area contributed by atoms with E-state index in [-0.39, 0.29) is 12.1 Å². The highest BCUT2D eigenvalue weighted by Gasteiger charge is 2.31. The molecule has 2 aliphatic rings. The molecule has 1 N–H and O–H groups in total. The Bertz CT molecular complexity index is 519. The Hall–Kier alpha value is -0.820. The summed E-state index contributed by atoms with van der Waals surface area (Å²) in [5.41, 5.74) is -0.467. The maximum Gasteiger partial charge on any atom is 0.410 e. The Balaban J connectivity index is 1.74. The van der Waals surface area contributed by atoms with Crippen molar-refractivity contribution in [3.63, 3.8) is 0 Å². The molecule has 0 unspecified atom stereocenters. The molecule has 1 aliphatic heterocycles. The predicted octanol–water partition coefficient (Wildman–Crippen LogP) is 2.33. The first-order valence-electron chi connectivity index (χ1n) is 8.98. The number of hydrogen-bond donors (Lipinski definition) is 1. The van der Waals surface area contributed by atoms with Gasteiger partial charge in [-0.15, -0.1) is 0 Å². The third-order valence-electron chi connectivity index (χ3n) is 4.95.